The van der Waals surface area contributed by atoms with Gasteiger partial charge in [0, 0.05) is 10.6 Å². The van der Waals surface area contributed by atoms with E-state index in [4.69, 9.17) is 16.4 Å². The molecule has 0 saturated heterocycles. The van der Waals surface area contributed by atoms with Crippen molar-refractivity contribution in [3.05, 3.63) is 33.8 Å². The summed E-state index contributed by atoms with van der Waals surface area (Å²) in [4.78, 5) is 4.82. The van der Waals surface area contributed by atoms with Gasteiger partial charge in [-0.05, 0) is 37.5 Å². The third kappa shape index (κ3) is 2.72. The van der Waals surface area contributed by atoms with Crippen LogP contribution in [0.2, 0.25) is 5.02 Å². The molecule has 0 N–H and O–H groups in total. The normalized spacial score (nSPS) is 11.7. The fraction of sp³-hybridized carbons (Fsp3) is 0.417. The summed E-state index contributed by atoms with van der Waals surface area (Å²) >= 11 is 6.09. The van der Waals surface area contributed by atoms with Crippen molar-refractivity contribution in [3.8, 4) is 0 Å². The maximum Gasteiger partial charge on any atom is 0.106 e. The molecule has 1 aromatic carbocycles. The molecule has 0 aliphatic heterocycles. The number of nitrogens with zero attached hydrogens (tertiary/aromatic N) is 1. The number of hydrogen-bond donors (Lipinski definition) is 0. The van der Waals surface area contributed by atoms with Gasteiger partial charge in [-0.1, -0.05) is 29.7 Å². The molecule has 0 aliphatic carbocycles. The van der Waals surface area contributed by atoms with Gasteiger partial charge in [-0.15, -0.1) is 0 Å². The van der Waals surface area contributed by atoms with Crippen LogP contribution in [0.3, 0.4) is 0 Å². The van der Waals surface area contributed by atoms with Crippen LogP contribution in [-0.4, -0.2) is 12.8 Å². The lowest BCUT2D eigenvalue weighted by Crippen LogP contribution is -2.03. The zero-order valence-corrected chi connectivity index (χ0v) is 10.4. The molecule has 3 heteroatoms. The van der Waals surface area contributed by atoms with Crippen LogP contribution in [0.5, 0.6) is 0 Å². The standard InChI is InChI=1S/C12H16ClNO/c1-5-12(14-15-4)10-7-11(13)9(3)6-8(10)2/h6-7H,5H2,1-4H3/b14-12+. The molecule has 0 bridgehead atoms. The van der Waals surface area contributed by atoms with Gasteiger partial charge in [-0.3, -0.25) is 0 Å². The second-order valence-electron chi connectivity index (χ2n) is 3.49. The Bertz CT molecular complexity index is 385. The van der Waals surface area contributed by atoms with Gasteiger partial charge in [-0.2, -0.15) is 0 Å². The van der Waals surface area contributed by atoms with Crippen LogP contribution in [0.1, 0.15) is 30.0 Å². The summed E-state index contributed by atoms with van der Waals surface area (Å²) in [6, 6.07) is 4.02. The van der Waals surface area contributed by atoms with Crippen molar-refractivity contribution in [1.29, 1.82) is 0 Å². The highest BCUT2D eigenvalue weighted by Gasteiger charge is 2.08. The van der Waals surface area contributed by atoms with Crippen molar-refractivity contribution >= 4 is 17.3 Å². The predicted octanol–water partition coefficient (Wildman–Crippen LogP) is 3.72. The monoisotopic (exact) mass is 225 g/mol. The number of benzene rings is 1. The number of hydrogen-bond acceptors (Lipinski definition) is 2. The van der Waals surface area contributed by atoms with E-state index in [1.54, 1.807) is 7.11 Å². The van der Waals surface area contributed by atoms with E-state index >= 15 is 0 Å². The van der Waals surface area contributed by atoms with E-state index < -0.39 is 0 Å². The molecule has 0 aliphatic rings. The van der Waals surface area contributed by atoms with Crippen LogP contribution >= 0.6 is 11.6 Å². The van der Waals surface area contributed by atoms with Gasteiger partial charge in [0.25, 0.3) is 0 Å². The van der Waals surface area contributed by atoms with Crippen molar-refractivity contribution in [2.24, 2.45) is 5.16 Å². The van der Waals surface area contributed by atoms with Crippen molar-refractivity contribution in [2.75, 3.05) is 7.11 Å². The van der Waals surface area contributed by atoms with E-state index in [1.807, 2.05) is 19.9 Å². The van der Waals surface area contributed by atoms with Gasteiger partial charge >= 0.3 is 0 Å². The van der Waals surface area contributed by atoms with Crippen LogP contribution in [0.15, 0.2) is 17.3 Å². The van der Waals surface area contributed by atoms with Crippen molar-refractivity contribution in [1.82, 2.24) is 0 Å². The summed E-state index contributed by atoms with van der Waals surface area (Å²) in [5, 5.41) is 4.77. The molecule has 0 aromatic heterocycles. The van der Waals surface area contributed by atoms with E-state index in [-0.39, 0.29) is 0 Å². The average molecular weight is 226 g/mol. The lowest BCUT2D eigenvalue weighted by Gasteiger charge is -2.09. The fourth-order valence-electron chi connectivity index (χ4n) is 1.55. The molecule has 0 fully saturated rings. The van der Waals surface area contributed by atoms with Crippen molar-refractivity contribution in [3.63, 3.8) is 0 Å². The van der Waals surface area contributed by atoms with Gasteiger partial charge in [-0.25, -0.2) is 0 Å². The molecule has 0 radical (unpaired) electrons. The number of aryl methyl sites for hydroxylation is 2. The van der Waals surface area contributed by atoms with Gasteiger partial charge < -0.3 is 4.84 Å². The first-order chi connectivity index (χ1) is 7.10. The minimum absolute atomic E-state index is 0.771. The largest absolute Gasteiger partial charge is 0.399 e. The Morgan fingerprint density at radius 1 is 1.33 bits per heavy atom. The van der Waals surface area contributed by atoms with Crippen molar-refractivity contribution in [2.45, 2.75) is 27.2 Å². The first-order valence-corrected chi connectivity index (χ1v) is 5.35. The minimum Gasteiger partial charge on any atom is -0.399 e. The van der Waals surface area contributed by atoms with Crippen LogP contribution in [0, 0.1) is 13.8 Å². The molecule has 0 heterocycles. The summed E-state index contributed by atoms with van der Waals surface area (Å²) in [6.07, 6.45) is 0.827. The van der Waals surface area contributed by atoms with Crippen LogP contribution in [0.4, 0.5) is 0 Å². The molecule has 82 valence electrons. The maximum absolute atomic E-state index is 6.09. The second kappa shape index (κ2) is 5.17. The van der Waals surface area contributed by atoms with Crippen LogP contribution in [-0.2, 0) is 4.84 Å². The Morgan fingerprint density at radius 3 is 2.53 bits per heavy atom. The summed E-state index contributed by atoms with van der Waals surface area (Å²) < 4.78 is 0. The Hall–Kier alpha value is -1.02. The quantitative estimate of drug-likeness (QED) is 0.568. The smallest absolute Gasteiger partial charge is 0.106 e. The molecule has 0 atom stereocenters. The molecular formula is C12H16ClNO. The molecule has 1 rings (SSSR count). The Balaban J connectivity index is 3.24. The van der Waals surface area contributed by atoms with E-state index in [0.29, 0.717) is 0 Å². The summed E-state index contributed by atoms with van der Waals surface area (Å²) in [6.45, 7) is 6.10. The van der Waals surface area contributed by atoms with Gasteiger partial charge in [0.15, 0.2) is 0 Å². The molecule has 0 saturated carbocycles. The van der Waals surface area contributed by atoms with Crippen LogP contribution in [0.25, 0.3) is 0 Å². The van der Waals surface area contributed by atoms with E-state index in [9.17, 15) is 0 Å². The highest BCUT2D eigenvalue weighted by Crippen LogP contribution is 2.22. The lowest BCUT2D eigenvalue weighted by atomic mass is 10.0. The van der Waals surface area contributed by atoms with Gasteiger partial charge in [0.1, 0.15) is 7.11 Å². The highest BCUT2D eigenvalue weighted by molar-refractivity contribution is 6.31. The van der Waals surface area contributed by atoms with Crippen molar-refractivity contribution < 1.29 is 4.84 Å². The second-order valence-corrected chi connectivity index (χ2v) is 3.90. The molecule has 2 nitrogen and oxygen atoms in total. The molecule has 0 spiro atoms. The SMILES string of the molecule is CC/C(=N\OC)c1cc(Cl)c(C)cc1C. The lowest BCUT2D eigenvalue weighted by molar-refractivity contribution is 0.213. The molecule has 0 amide bonds. The first kappa shape index (κ1) is 12.1. The Labute approximate surface area is 95.9 Å². The first-order valence-electron chi connectivity index (χ1n) is 4.97. The molecular weight excluding hydrogens is 210 g/mol. The Kier molecular flexibility index (Phi) is 4.15. The van der Waals surface area contributed by atoms with Crippen LogP contribution < -0.4 is 0 Å². The van der Waals surface area contributed by atoms with Gasteiger partial charge in [0.2, 0.25) is 0 Å². The number of oxime groups is 1. The average Bonchev–Trinajstić information content (AvgIpc) is 2.20. The predicted molar refractivity (Wildman–Crippen MR) is 64.8 cm³/mol. The zero-order chi connectivity index (χ0) is 11.4. The Morgan fingerprint density at radius 2 is 2.00 bits per heavy atom. The third-order valence-corrected chi connectivity index (χ3v) is 2.76. The van der Waals surface area contributed by atoms with E-state index in [2.05, 4.69) is 18.1 Å². The molecule has 15 heavy (non-hydrogen) atoms. The third-order valence-electron chi connectivity index (χ3n) is 2.35. The van der Waals surface area contributed by atoms with E-state index in [1.165, 1.54) is 5.56 Å². The number of halogens is 1. The van der Waals surface area contributed by atoms with E-state index in [0.717, 1.165) is 28.3 Å². The summed E-state index contributed by atoms with van der Waals surface area (Å²) in [5.41, 5.74) is 4.26. The van der Waals surface area contributed by atoms with Gasteiger partial charge in [0.05, 0.1) is 5.71 Å². The highest BCUT2D eigenvalue weighted by atomic mass is 35.5. The number of rotatable bonds is 3. The topological polar surface area (TPSA) is 21.6 Å². The zero-order valence-electron chi connectivity index (χ0n) is 9.60. The summed E-state index contributed by atoms with van der Waals surface area (Å²) in [7, 11) is 1.56. The maximum atomic E-state index is 6.09. The fourth-order valence-corrected chi connectivity index (χ4v) is 1.71. The minimum atomic E-state index is 0.771. The summed E-state index contributed by atoms with van der Waals surface area (Å²) in [5.74, 6) is 0. The molecule has 0 unspecified atom stereocenters. The molecule has 1 aromatic rings.